The molecule has 0 radical (unpaired) electrons. The fourth-order valence-corrected chi connectivity index (χ4v) is 1.89. The van der Waals surface area contributed by atoms with E-state index in [1.165, 1.54) is 0 Å². The molecule has 0 aromatic heterocycles. The van der Waals surface area contributed by atoms with Crippen LogP contribution in [0.1, 0.15) is 19.8 Å². The third kappa shape index (κ3) is 3.80. The minimum Gasteiger partial charge on any atom is -0.392 e. The molecule has 1 heterocycles. The standard InChI is InChI=1S/C11H19N3O2/c1-2-14(6-3-5-12)11(16)9-13-7-4-10(15)8-13/h10,15H,2-4,6-9H2,1H3/t10-/m0/s1. The van der Waals surface area contributed by atoms with E-state index in [0.717, 1.165) is 13.0 Å². The van der Waals surface area contributed by atoms with Crippen LogP contribution in [-0.4, -0.2) is 59.6 Å². The third-order valence-electron chi connectivity index (χ3n) is 2.83. The van der Waals surface area contributed by atoms with E-state index in [1.54, 1.807) is 4.90 Å². The van der Waals surface area contributed by atoms with Crippen LogP contribution in [0.2, 0.25) is 0 Å². The first-order chi connectivity index (χ1) is 7.67. The number of aliphatic hydroxyl groups excluding tert-OH is 1. The molecule has 1 N–H and O–H groups in total. The second kappa shape index (κ2) is 6.46. The molecule has 1 amide bonds. The van der Waals surface area contributed by atoms with Gasteiger partial charge in [-0.2, -0.15) is 5.26 Å². The lowest BCUT2D eigenvalue weighted by molar-refractivity contribution is -0.132. The minimum absolute atomic E-state index is 0.0480. The molecule has 16 heavy (non-hydrogen) atoms. The normalized spacial score (nSPS) is 20.7. The highest BCUT2D eigenvalue weighted by Crippen LogP contribution is 2.08. The zero-order valence-corrected chi connectivity index (χ0v) is 9.72. The molecule has 5 heteroatoms. The number of nitrogens with zero attached hydrogens (tertiary/aromatic N) is 3. The fraction of sp³-hybridized carbons (Fsp3) is 0.818. The average Bonchev–Trinajstić information content (AvgIpc) is 2.65. The molecule has 1 fully saturated rings. The molecule has 0 aliphatic carbocycles. The first-order valence-electron chi connectivity index (χ1n) is 5.72. The van der Waals surface area contributed by atoms with Crippen molar-refractivity contribution in [2.24, 2.45) is 0 Å². The molecule has 1 saturated heterocycles. The summed E-state index contributed by atoms with van der Waals surface area (Å²) in [6, 6.07) is 2.04. The van der Waals surface area contributed by atoms with E-state index in [2.05, 4.69) is 0 Å². The van der Waals surface area contributed by atoms with E-state index in [9.17, 15) is 9.90 Å². The maximum Gasteiger partial charge on any atom is 0.236 e. The molecule has 0 spiro atoms. The minimum atomic E-state index is -0.290. The van der Waals surface area contributed by atoms with Crippen LogP contribution in [0, 0.1) is 11.3 Å². The second-order valence-corrected chi connectivity index (χ2v) is 4.06. The van der Waals surface area contributed by atoms with E-state index >= 15 is 0 Å². The Balaban J connectivity index is 2.34. The Morgan fingerprint density at radius 3 is 2.94 bits per heavy atom. The molecular weight excluding hydrogens is 206 g/mol. The number of aliphatic hydroxyl groups is 1. The van der Waals surface area contributed by atoms with Crippen LogP contribution in [-0.2, 0) is 4.79 Å². The number of hydrogen-bond acceptors (Lipinski definition) is 4. The molecule has 0 aromatic carbocycles. The Labute approximate surface area is 96.3 Å². The summed E-state index contributed by atoms with van der Waals surface area (Å²) in [4.78, 5) is 15.5. The first kappa shape index (κ1) is 12.9. The number of hydrogen-bond donors (Lipinski definition) is 1. The van der Waals surface area contributed by atoms with Crippen molar-refractivity contribution in [1.29, 1.82) is 5.26 Å². The van der Waals surface area contributed by atoms with Crippen LogP contribution in [0.15, 0.2) is 0 Å². The molecule has 0 saturated carbocycles. The molecule has 90 valence electrons. The Bertz CT molecular complexity index is 275. The van der Waals surface area contributed by atoms with Crippen molar-refractivity contribution >= 4 is 5.91 Å². The summed E-state index contributed by atoms with van der Waals surface area (Å²) in [7, 11) is 0. The first-order valence-corrected chi connectivity index (χ1v) is 5.72. The Morgan fingerprint density at radius 1 is 1.69 bits per heavy atom. The second-order valence-electron chi connectivity index (χ2n) is 4.06. The summed E-state index contributed by atoms with van der Waals surface area (Å²) in [5.74, 6) is 0.0480. The van der Waals surface area contributed by atoms with E-state index in [4.69, 9.17) is 5.26 Å². The summed E-state index contributed by atoms with van der Waals surface area (Å²) in [5.41, 5.74) is 0. The lowest BCUT2D eigenvalue weighted by Gasteiger charge is -2.23. The highest BCUT2D eigenvalue weighted by molar-refractivity contribution is 5.78. The molecule has 1 atom stereocenters. The monoisotopic (exact) mass is 225 g/mol. The van der Waals surface area contributed by atoms with Crippen molar-refractivity contribution in [1.82, 2.24) is 9.80 Å². The van der Waals surface area contributed by atoms with Crippen molar-refractivity contribution in [2.75, 3.05) is 32.7 Å². The number of amides is 1. The summed E-state index contributed by atoms with van der Waals surface area (Å²) in [6.07, 6.45) is 0.835. The van der Waals surface area contributed by atoms with Crippen LogP contribution in [0.5, 0.6) is 0 Å². The largest absolute Gasteiger partial charge is 0.392 e. The van der Waals surface area contributed by atoms with E-state index in [0.29, 0.717) is 32.6 Å². The van der Waals surface area contributed by atoms with Crippen molar-refractivity contribution in [3.8, 4) is 6.07 Å². The highest BCUT2D eigenvalue weighted by Gasteiger charge is 2.23. The molecule has 1 aliphatic rings. The van der Waals surface area contributed by atoms with E-state index < -0.39 is 0 Å². The van der Waals surface area contributed by atoms with Crippen LogP contribution in [0.25, 0.3) is 0 Å². The summed E-state index contributed by atoms with van der Waals surface area (Å²) >= 11 is 0. The lowest BCUT2D eigenvalue weighted by Crippen LogP contribution is -2.40. The lowest BCUT2D eigenvalue weighted by atomic mass is 10.3. The smallest absolute Gasteiger partial charge is 0.236 e. The van der Waals surface area contributed by atoms with Gasteiger partial charge in [0.05, 0.1) is 25.1 Å². The molecule has 0 bridgehead atoms. The molecule has 1 rings (SSSR count). The maximum absolute atomic E-state index is 11.8. The zero-order valence-electron chi connectivity index (χ0n) is 9.72. The Morgan fingerprint density at radius 2 is 2.44 bits per heavy atom. The van der Waals surface area contributed by atoms with Gasteiger partial charge < -0.3 is 10.0 Å². The topological polar surface area (TPSA) is 67.6 Å². The fourth-order valence-electron chi connectivity index (χ4n) is 1.89. The van der Waals surface area contributed by atoms with Gasteiger partial charge in [0.25, 0.3) is 0 Å². The third-order valence-corrected chi connectivity index (χ3v) is 2.83. The van der Waals surface area contributed by atoms with Crippen LogP contribution in [0.4, 0.5) is 0 Å². The number of carbonyl (C=O) groups excluding carboxylic acids is 1. The van der Waals surface area contributed by atoms with Gasteiger partial charge in [-0.25, -0.2) is 0 Å². The molecule has 1 aliphatic heterocycles. The number of carbonyl (C=O) groups is 1. The number of likely N-dealkylation sites (tertiary alicyclic amines) is 1. The highest BCUT2D eigenvalue weighted by atomic mass is 16.3. The van der Waals surface area contributed by atoms with Gasteiger partial charge in [0.15, 0.2) is 0 Å². The average molecular weight is 225 g/mol. The quantitative estimate of drug-likeness (QED) is 0.704. The van der Waals surface area contributed by atoms with Gasteiger partial charge in [0, 0.05) is 26.2 Å². The van der Waals surface area contributed by atoms with Crippen molar-refractivity contribution < 1.29 is 9.90 Å². The maximum atomic E-state index is 11.8. The Hall–Kier alpha value is -1.12. The summed E-state index contributed by atoms with van der Waals surface area (Å²) in [5, 5.41) is 17.8. The van der Waals surface area contributed by atoms with Crippen LogP contribution >= 0.6 is 0 Å². The zero-order chi connectivity index (χ0) is 12.0. The van der Waals surface area contributed by atoms with Crippen molar-refractivity contribution in [3.05, 3.63) is 0 Å². The number of rotatable bonds is 5. The summed E-state index contributed by atoms with van der Waals surface area (Å²) < 4.78 is 0. The van der Waals surface area contributed by atoms with Gasteiger partial charge in [0.1, 0.15) is 0 Å². The molecule has 0 aromatic rings. The molecular formula is C11H19N3O2. The molecule has 5 nitrogen and oxygen atoms in total. The summed E-state index contributed by atoms with van der Waals surface area (Å²) in [6.45, 7) is 4.77. The SMILES string of the molecule is CCN(CCC#N)C(=O)CN1CC[C@H](O)C1. The number of likely N-dealkylation sites (N-methyl/N-ethyl adjacent to an activating group) is 1. The predicted molar refractivity (Wildman–Crippen MR) is 59.5 cm³/mol. The van der Waals surface area contributed by atoms with Gasteiger partial charge >= 0.3 is 0 Å². The van der Waals surface area contributed by atoms with Crippen molar-refractivity contribution in [3.63, 3.8) is 0 Å². The van der Waals surface area contributed by atoms with Gasteiger partial charge in [-0.15, -0.1) is 0 Å². The van der Waals surface area contributed by atoms with Gasteiger partial charge in [-0.05, 0) is 13.3 Å². The van der Waals surface area contributed by atoms with Crippen LogP contribution < -0.4 is 0 Å². The predicted octanol–water partition coefficient (Wildman–Crippen LogP) is -0.185. The number of β-amino-alcohol motifs (C(OH)–C–C–N with tert-alkyl or cyclic N) is 1. The van der Waals surface area contributed by atoms with Gasteiger partial charge in [-0.1, -0.05) is 0 Å². The van der Waals surface area contributed by atoms with Crippen molar-refractivity contribution in [2.45, 2.75) is 25.9 Å². The number of nitriles is 1. The van der Waals surface area contributed by atoms with Gasteiger partial charge in [-0.3, -0.25) is 9.69 Å². The van der Waals surface area contributed by atoms with E-state index in [1.807, 2.05) is 17.9 Å². The van der Waals surface area contributed by atoms with Gasteiger partial charge in [0.2, 0.25) is 5.91 Å². The Kier molecular flexibility index (Phi) is 5.23. The van der Waals surface area contributed by atoms with E-state index in [-0.39, 0.29) is 12.0 Å². The molecule has 0 unspecified atom stereocenters. The van der Waals surface area contributed by atoms with Crippen LogP contribution in [0.3, 0.4) is 0 Å².